The van der Waals surface area contributed by atoms with Gasteiger partial charge in [-0.15, -0.1) is 0 Å². The molecule has 1 N–H and O–H groups in total. The minimum absolute atomic E-state index is 0.650. The minimum Gasteiger partial charge on any atom is -0.300 e. The first-order valence-corrected chi connectivity index (χ1v) is 6.18. The van der Waals surface area contributed by atoms with E-state index in [-0.39, 0.29) is 0 Å². The number of hydrogen-bond acceptors (Lipinski definition) is 3. The zero-order chi connectivity index (χ0) is 11.5. The molecule has 2 heterocycles. The average molecular weight is 299 g/mol. The molecule has 0 unspecified atom stereocenters. The third-order valence-electron chi connectivity index (χ3n) is 2.17. The second-order valence-corrected chi connectivity index (χ2v) is 4.70. The summed E-state index contributed by atoms with van der Waals surface area (Å²) in [7, 11) is 0. The number of rotatable bonds is 3. The molecule has 0 fully saturated rings. The number of nitrogens with zero attached hydrogens (tertiary/aromatic N) is 3. The summed E-state index contributed by atoms with van der Waals surface area (Å²) in [4.78, 5) is 4.12. The van der Waals surface area contributed by atoms with Crippen LogP contribution in [-0.4, -0.2) is 19.7 Å². The number of hydrogen-bond donors (Lipinski definition) is 1. The summed E-state index contributed by atoms with van der Waals surface area (Å²) in [5.41, 5.74) is 0.954. The van der Waals surface area contributed by atoms with E-state index in [1.54, 1.807) is 12.4 Å². The molecule has 0 aromatic carbocycles. The van der Waals surface area contributed by atoms with Gasteiger partial charge in [0.1, 0.15) is 0 Å². The van der Waals surface area contributed by atoms with Crippen molar-refractivity contribution in [1.82, 2.24) is 19.7 Å². The van der Waals surface area contributed by atoms with Crippen molar-refractivity contribution in [2.75, 3.05) is 0 Å². The molecule has 0 spiro atoms. The maximum absolute atomic E-state index is 5.18. The van der Waals surface area contributed by atoms with E-state index in [2.05, 4.69) is 38.0 Å². The number of pyridine rings is 1. The summed E-state index contributed by atoms with van der Waals surface area (Å²) in [6, 6.07) is 1.98. The third kappa shape index (κ3) is 2.22. The summed E-state index contributed by atoms with van der Waals surface area (Å²) in [5.74, 6) is 0.834. The first-order valence-electron chi connectivity index (χ1n) is 4.98. The SMILES string of the molecule is CCCn1c(-c2cncc(Br)c2)n[nH]c1=S. The highest BCUT2D eigenvalue weighted by molar-refractivity contribution is 9.10. The monoisotopic (exact) mass is 298 g/mol. The Bertz CT molecular complexity index is 546. The Balaban J connectivity index is 2.51. The lowest BCUT2D eigenvalue weighted by Gasteiger charge is -2.04. The lowest BCUT2D eigenvalue weighted by atomic mass is 10.2. The van der Waals surface area contributed by atoms with Crippen LogP contribution in [0, 0.1) is 4.77 Å². The lowest BCUT2D eigenvalue weighted by Crippen LogP contribution is -2.00. The fourth-order valence-electron chi connectivity index (χ4n) is 1.50. The van der Waals surface area contributed by atoms with Crippen LogP contribution in [-0.2, 0) is 6.54 Å². The Kier molecular flexibility index (Phi) is 3.50. The van der Waals surface area contributed by atoms with Crippen LogP contribution >= 0.6 is 28.1 Å². The normalized spacial score (nSPS) is 10.6. The predicted molar refractivity (Wildman–Crippen MR) is 68.6 cm³/mol. The van der Waals surface area contributed by atoms with Crippen molar-refractivity contribution in [1.29, 1.82) is 0 Å². The van der Waals surface area contributed by atoms with Crippen LogP contribution in [0.25, 0.3) is 11.4 Å². The molecule has 0 atom stereocenters. The Morgan fingerprint density at radius 2 is 2.31 bits per heavy atom. The van der Waals surface area contributed by atoms with Crippen LogP contribution < -0.4 is 0 Å². The second-order valence-electron chi connectivity index (χ2n) is 3.40. The van der Waals surface area contributed by atoms with Crippen molar-refractivity contribution in [3.63, 3.8) is 0 Å². The molecule has 2 rings (SSSR count). The van der Waals surface area contributed by atoms with Gasteiger partial charge in [-0.3, -0.25) is 10.1 Å². The Labute approximate surface area is 107 Å². The molecule has 2 aromatic heterocycles. The summed E-state index contributed by atoms with van der Waals surface area (Å²) < 4.78 is 3.57. The van der Waals surface area contributed by atoms with E-state index < -0.39 is 0 Å². The van der Waals surface area contributed by atoms with Crippen molar-refractivity contribution in [3.05, 3.63) is 27.7 Å². The third-order valence-corrected chi connectivity index (χ3v) is 2.91. The largest absolute Gasteiger partial charge is 0.300 e. The van der Waals surface area contributed by atoms with Crippen LogP contribution in [0.15, 0.2) is 22.9 Å². The maximum atomic E-state index is 5.18. The van der Waals surface area contributed by atoms with Gasteiger partial charge in [-0.2, -0.15) is 5.10 Å². The molecule has 0 aliphatic carbocycles. The molecule has 0 radical (unpaired) electrons. The van der Waals surface area contributed by atoms with E-state index in [1.807, 2.05) is 10.6 Å². The summed E-state index contributed by atoms with van der Waals surface area (Å²) >= 11 is 8.58. The van der Waals surface area contributed by atoms with Gasteiger partial charge in [0.05, 0.1) is 0 Å². The lowest BCUT2D eigenvalue weighted by molar-refractivity contribution is 0.674. The molecular formula is C10H11BrN4S. The molecule has 0 aliphatic rings. The van der Waals surface area contributed by atoms with E-state index in [1.165, 1.54) is 0 Å². The quantitative estimate of drug-likeness (QED) is 0.885. The van der Waals surface area contributed by atoms with Gasteiger partial charge in [0, 0.05) is 29.0 Å². The van der Waals surface area contributed by atoms with Crippen LogP contribution in [0.4, 0.5) is 0 Å². The van der Waals surface area contributed by atoms with E-state index in [4.69, 9.17) is 12.2 Å². The van der Waals surface area contributed by atoms with Crippen LogP contribution in [0.3, 0.4) is 0 Å². The van der Waals surface area contributed by atoms with Gasteiger partial charge in [0.25, 0.3) is 0 Å². The van der Waals surface area contributed by atoms with Gasteiger partial charge >= 0.3 is 0 Å². The van der Waals surface area contributed by atoms with Crippen molar-refractivity contribution in [3.8, 4) is 11.4 Å². The van der Waals surface area contributed by atoms with Gasteiger partial charge in [0.15, 0.2) is 10.6 Å². The van der Waals surface area contributed by atoms with Crippen LogP contribution in [0.5, 0.6) is 0 Å². The van der Waals surface area contributed by atoms with Gasteiger partial charge in [-0.1, -0.05) is 6.92 Å². The molecule has 0 saturated carbocycles. The van der Waals surface area contributed by atoms with E-state index in [0.29, 0.717) is 4.77 Å². The van der Waals surface area contributed by atoms with Gasteiger partial charge in [-0.05, 0) is 40.6 Å². The molecule has 0 saturated heterocycles. The van der Waals surface area contributed by atoms with Gasteiger partial charge < -0.3 is 4.57 Å². The molecule has 16 heavy (non-hydrogen) atoms. The highest BCUT2D eigenvalue weighted by Crippen LogP contribution is 2.20. The van der Waals surface area contributed by atoms with Crippen molar-refractivity contribution < 1.29 is 0 Å². The molecular weight excluding hydrogens is 288 g/mol. The van der Waals surface area contributed by atoms with E-state index in [0.717, 1.165) is 28.8 Å². The molecule has 84 valence electrons. The van der Waals surface area contributed by atoms with Crippen molar-refractivity contribution >= 4 is 28.1 Å². The zero-order valence-electron chi connectivity index (χ0n) is 8.77. The van der Waals surface area contributed by atoms with Crippen LogP contribution in [0.1, 0.15) is 13.3 Å². The topological polar surface area (TPSA) is 46.5 Å². The van der Waals surface area contributed by atoms with Gasteiger partial charge in [0.2, 0.25) is 0 Å². The van der Waals surface area contributed by atoms with E-state index in [9.17, 15) is 0 Å². The molecule has 2 aromatic rings. The highest BCUT2D eigenvalue weighted by Gasteiger charge is 2.08. The summed E-state index contributed by atoms with van der Waals surface area (Å²) in [5, 5.41) is 7.04. The molecule has 0 amide bonds. The smallest absolute Gasteiger partial charge is 0.195 e. The average Bonchev–Trinajstić information content (AvgIpc) is 2.61. The number of nitrogens with one attached hydrogen (secondary N) is 1. The molecule has 6 heteroatoms. The number of H-pyrrole nitrogens is 1. The minimum atomic E-state index is 0.650. The Hall–Kier alpha value is -1.01. The fraction of sp³-hybridized carbons (Fsp3) is 0.300. The molecule has 0 aliphatic heterocycles. The van der Waals surface area contributed by atoms with Crippen molar-refractivity contribution in [2.45, 2.75) is 19.9 Å². The fourth-order valence-corrected chi connectivity index (χ4v) is 2.09. The number of aromatic nitrogens is 4. The first kappa shape index (κ1) is 11.5. The number of aromatic amines is 1. The zero-order valence-corrected chi connectivity index (χ0v) is 11.2. The maximum Gasteiger partial charge on any atom is 0.195 e. The second kappa shape index (κ2) is 4.88. The molecule has 0 bridgehead atoms. The predicted octanol–water partition coefficient (Wildman–Crippen LogP) is 3.18. The number of halogens is 1. The first-order chi connectivity index (χ1) is 7.72. The standard InChI is InChI=1S/C10H11BrN4S/c1-2-3-15-9(13-14-10(15)16)7-4-8(11)6-12-5-7/h4-6H,2-3H2,1H3,(H,14,16). The van der Waals surface area contributed by atoms with Crippen LogP contribution in [0.2, 0.25) is 0 Å². The molecule has 4 nitrogen and oxygen atoms in total. The van der Waals surface area contributed by atoms with Gasteiger partial charge in [-0.25, -0.2) is 0 Å². The Morgan fingerprint density at radius 1 is 1.50 bits per heavy atom. The van der Waals surface area contributed by atoms with Crippen molar-refractivity contribution in [2.24, 2.45) is 0 Å². The summed E-state index contributed by atoms with van der Waals surface area (Å²) in [6.07, 6.45) is 4.54. The highest BCUT2D eigenvalue weighted by atomic mass is 79.9. The summed E-state index contributed by atoms with van der Waals surface area (Å²) in [6.45, 7) is 2.97. The Morgan fingerprint density at radius 3 is 3.00 bits per heavy atom. The van der Waals surface area contributed by atoms with E-state index >= 15 is 0 Å².